The predicted molar refractivity (Wildman–Crippen MR) is 146 cm³/mol. The van der Waals surface area contributed by atoms with Gasteiger partial charge in [0.25, 0.3) is 0 Å². The number of nitriles is 1. The lowest BCUT2D eigenvalue weighted by atomic mass is 9.92. The van der Waals surface area contributed by atoms with Gasteiger partial charge in [-0.3, -0.25) is 10.4 Å². The standard InChI is InChI=1S/C28H24FN9O2/c1-28(2,3)24-13-25(38(37-24)19-6-4-5-17(11-19)14-30)36-26(39)34-23-12-20(7-8-21(23)29)40-27-31-10-9-22(35-27)18-15-32-33-16-18/h4-13,15-16H,1-3H3,(H,32,33)(H2,34,36,39). The fourth-order valence-electron chi connectivity index (χ4n) is 3.72. The number of halogens is 1. The SMILES string of the molecule is CC(C)(C)c1cc(NC(=O)Nc2cc(Oc3nccc(-c4cn[nH]c4)n3)ccc2F)n(-c2cccc(C#N)c2)n1. The fraction of sp³-hybridized carbons (Fsp3) is 0.143. The maximum absolute atomic E-state index is 14.7. The van der Waals surface area contributed by atoms with E-state index in [4.69, 9.17) is 4.74 Å². The molecule has 0 aliphatic heterocycles. The number of H-pyrrole nitrogens is 1. The minimum absolute atomic E-state index is 0.0407. The van der Waals surface area contributed by atoms with Crippen molar-refractivity contribution in [2.45, 2.75) is 26.2 Å². The van der Waals surface area contributed by atoms with E-state index < -0.39 is 11.8 Å². The molecule has 3 N–H and O–H groups in total. The number of ether oxygens (including phenoxy) is 1. The zero-order chi connectivity index (χ0) is 28.3. The third-order valence-electron chi connectivity index (χ3n) is 5.76. The van der Waals surface area contributed by atoms with Gasteiger partial charge in [-0.2, -0.15) is 20.4 Å². The van der Waals surface area contributed by atoms with Crippen molar-refractivity contribution in [3.8, 4) is 34.8 Å². The number of anilines is 2. The van der Waals surface area contributed by atoms with Crippen LogP contribution in [0.1, 0.15) is 32.0 Å². The van der Waals surface area contributed by atoms with Crippen LogP contribution in [0.4, 0.5) is 20.7 Å². The van der Waals surface area contributed by atoms with E-state index in [1.54, 1.807) is 48.8 Å². The lowest BCUT2D eigenvalue weighted by Gasteiger charge is -2.14. The number of hydrogen-bond donors (Lipinski definition) is 3. The van der Waals surface area contributed by atoms with Gasteiger partial charge in [-0.1, -0.05) is 26.8 Å². The Morgan fingerprint density at radius 2 is 1.98 bits per heavy atom. The molecule has 0 atom stereocenters. The quantitative estimate of drug-likeness (QED) is 0.248. The smallest absolute Gasteiger partial charge is 0.324 e. The van der Waals surface area contributed by atoms with Crippen molar-refractivity contribution >= 4 is 17.5 Å². The number of hydrogen-bond acceptors (Lipinski definition) is 7. The number of carbonyl (C=O) groups is 1. The normalized spacial score (nSPS) is 11.1. The summed E-state index contributed by atoms with van der Waals surface area (Å²) in [7, 11) is 0. The van der Waals surface area contributed by atoms with Crippen molar-refractivity contribution in [3.63, 3.8) is 0 Å². The monoisotopic (exact) mass is 537 g/mol. The second-order valence-corrected chi connectivity index (χ2v) is 9.77. The zero-order valence-corrected chi connectivity index (χ0v) is 21.8. The number of aromatic amines is 1. The zero-order valence-electron chi connectivity index (χ0n) is 21.8. The highest BCUT2D eigenvalue weighted by atomic mass is 19.1. The van der Waals surface area contributed by atoms with Crippen LogP contribution < -0.4 is 15.4 Å². The Morgan fingerprint density at radius 3 is 2.73 bits per heavy atom. The molecule has 3 heterocycles. The molecule has 0 bridgehead atoms. The van der Waals surface area contributed by atoms with Crippen LogP contribution >= 0.6 is 0 Å². The highest BCUT2D eigenvalue weighted by Gasteiger charge is 2.22. The van der Waals surface area contributed by atoms with Gasteiger partial charge in [0.15, 0.2) is 0 Å². The first-order valence-corrected chi connectivity index (χ1v) is 12.2. The van der Waals surface area contributed by atoms with Crippen LogP contribution in [0, 0.1) is 17.1 Å². The Hall–Kier alpha value is -5.57. The van der Waals surface area contributed by atoms with Gasteiger partial charge in [0.05, 0.1) is 40.6 Å². The van der Waals surface area contributed by atoms with Crippen molar-refractivity contribution in [1.82, 2.24) is 29.9 Å². The van der Waals surface area contributed by atoms with Gasteiger partial charge in [0.2, 0.25) is 0 Å². The molecule has 11 nitrogen and oxygen atoms in total. The molecule has 2 amide bonds. The topological polar surface area (TPSA) is 146 Å². The predicted octanol–water partition coefficient (Wildman–Crippen LogP) is 5.80. The highest BCUT2D eigenvalue weighted by Crippen LogP contribution is 2.28. The molecule has 3 aromatic heterocycles. The lowest BCUT2D eigenvalue weighted by molar-refractivity contribution is 0.262. The van der Waals surface area contributed by atoms with Crippen LogP contribution in [0.3, 0.4) is 0 Å². The number of carbonyl (C=O) groups excluding carboxylic acids is 1. The summed E-state index contributed by atoms with van der Waals surface area (Å²) < 4.78 is 21.9. The summed E-state index contributed by atoms with van der Waals surface area (Å²) in [6, 6.07) is 15.6. The molecule has 0 spiro atoms. The molecule has 5 rings (SSSR count). The van der Waals surface area contributed by atoms with Crippen LogP contribution in [0.2, 0.25) is 0 Å². The second-order valence-electron chi connectivity index (χ2n) is 9.77. The molecule has 2 aromatic carbocycles. The van der Waals surface area contributed by atoms with Crippen LogP contribution in [0.5, 0.6) is 11.8 Å². The van der Waals surface area contributed by atoms with Gasteiger partial charge < -0.3 is 10.1 Å². The fourth-order valence-corrected chi connectivity index (χ4v) is 3.72. The molecule has 0 aliphatic carbocycles. The Labute approximate surface area is 228 Å². The van der Waals surface area contributed by atoms with Gasteiger partial charge in [-0.05, 0) is 36.4 Å². The molecule has 0 fully saturated rings. The number of benzene rings is 2. The third kappa shape index (κ3) is 5.78. The van der Waals surface area contributed by atoms with Crippen molar-refractivity contribution < 1.29 is 13.9 Å². The Bertz CT molecular complexity index is 1720. The summed E-state index contributed by atoms with van der Waals surface area (Å²) in [5.41, 5.74) is 2.64. The number of aromatic nitrogens is 6. The van der Waals surface area contributed by atoms with E-state index in [1.165, 1.54) is 29.1 Å². The highest BCUT2D eigenvalue weighted by molar-refractivity contribution is 5.99. The molecule has 5 aromatic rings. The molecule has 12 heteroatoms. The van der Waals surface area contributed by atoms with Crippen LogP contribution in [0.25, 0.3) is 16.9 Å². The summed E-state index contributed by atoms with van der Waals surface area (Å²) in [4.78, 5) is 21.4. The average Bonchev–Trinajstić information content (AvgIpc) is 3.62. The summed E-state index contributed by atoms with van der Waals surface area (Å²) in [5.74, 6) is -0.106. The number of nitrogens with one attached hydrogen (secondary N) is 3. The third-order valence-corrected chi connectivity index (χ3v) is 5.76. The minimum Gasteiger partial charge on any atom is -0.424 e. The molecule has 0 saturated carbocycles. The summed E-state index contributed by atoms with van der Waals surface area (Å²) >= 11 is 0. The maximum Gasteiger partial charge on any atom is 0.324 e. The maximum atomic E-state index is 14.7. The van der Waals surface area contributed by atoms with Gasteiger partial charge in [-0.15, -0.1) is 0 Å². The van der Waals surface area contributed by atoms with Crippen molar-refractivity contribution in [2.24, 2.45) is 0 Å². The van der Waals surface area contributed by atoms with E-state index in [9.17, 15) is 14.4 Å². The molecule has 0 unspecified atom stereocenters. The largest absolute Gasteiger partial charge is 0.424 e. The first-order chi connectivity index (χ1) is 19.2. The minimum atomic E-state index is -0.702. The van der Waals surface area contributed by atoms with Gasteiger partial charge in [-0.25, -0.2) is 18.9 Å². The summed E-state index contributed by atoms with van der Waals surface area (Å²) in [6.45, 7) is 5.97. The van der Waals surface area contributed by atoms with E-state index in [-0.39, 0.29) is 22.9 Å². The summed E-state index contributed by atoms with van der Waals surface area (Å²) in [6.07, 6.45) is 4.82. The van der Waals surface area contributed by atoms with Crippen molar-refractivity contribution in [1.29, 1.82) is 5.26 Å². The molecular weight excluding hydrogens is 513 g/mol. The van der Waals surface area contributed by atoms with E-state index >= 15 is 0 Å². The summed E-state index contributed by atoms with van der Waals surface area (Å²) in [5, 5.41) is 25.8. The lowest BCUT2D eigenvalue weighted by Crippen LogP contribution is -2.22. The molecule has 40 heavy (non-hydrogen) atoms. The molecule has 200 valence electrons. The molecule has 0 aliphatic rings. The number of nitrogens with zero attached hydrogens (tertiary/aromatic N) is 6. The van der Waals surface area contributed by atoms with E-state index in [0.29, 0.717) is 28.5 Å². The second kappa shape index (κ2) is 10.7. The van der Waals surface area contributed by atoms with Crippen LogP contribution in [-0.2, 0) is 5.41 Å². The van der Waals surface area contributed by atoms with E-state index in [0.717, 1.165) is 5.56 Å². The Kier molecular flexibility index (Phi) is 6.94. The molecule has 0 saturated heterocycles. The van der Waals surface area contributed by atoms with Gasteiger partial charge in [0, 0.05) is 35.5 Å². The number of amides is 2. The number of urea groups is 1. The van der Waals surface area contributed by atoms with Crippen molar-refractivity contribution in [2.75, 3.05) is 10.6 Å². The number of rotatable bonds is 6. The molecule has 0 radical (unpaired) electrons. The van der Waals surface area contributed by atoms with Gasteiger partial charge in [0.1, 0.15) is 17.4 Å². The van der Waals surface area contributed by atoms with Crippen molar-refractivity contribution in [3.05, 3.63) is 90.3 Å². The average molecular weight is 538 g/mol. The first kappa shape index (κ1) is 26.1. The molecular formula is C28H24FN9O2. The Morgan fingerprint density at radius 1 is 1.12 bits per heavy atom. The first-order valence-electron chi connectivity index (χ1n) is 12.2. The Balaban J connectivity index is 1.36. The van der Waals surface area contributed by atoms with Crippen LogP contribution in [0.15, 0.2) is 73.2 Å². The van der Waals surface area contributed by atoms with Gasteiger partial charge >= 0.3 is 12.0 Å². The van der Waals surface area contributed by atoms with E-state index in [2.05, 4.69) is 42.0 Å². The van der Waals surface area contributed by atoms with Crippen LogP contribution in [-0.4, -0.2) is 36.0 Å². The van der Waals surface area contributed by atoms with E-state index in [1.807, 2.05) is 20.8 Å².